The Morgan fingerprint density at radius 2 is 2.20 bits per heavy atom. The van der Waals surface area contributed by atoms with Gasteiger partial charge in [0.1, 0.15) is 5.82 Å². The van der Waals surface area contributed by atoms with E-state index < -0.39 is 18.8 Å². The molecule has 1 aromatic carbocycles. The van der Waals surface area contributed by atoms with E-state index in [4.69, 9.17) is 10.0 Å². The van der Waals surface area contributed by atoms with Gasteiger partial charge in [0.15, 0.2) is 0 Å². The average molecular weight is 211 g/mol. The number of benzene rings is 1. The normalized spacial score (nSPS) is 9.87. The first-order valence-electron chi connectivity index (χ1n) is 4.50. The summed E-state index contributed by atoms with van der Waals surface area (Å²) in [5.41, 5.74) is -0.0956. The summed E-state index contributed by atoms with van der Waals surface area (Å²) >= 11 is 0. The third-order valence-electron chi connectivity index (χ3n) is 1.88. The zero-order valence-electron chi connectivity index (χ0n) is 8.20. The highest BCUT2D eigenvalue weighted by molar-refractivity contribution is 6.58. The average Bonchev–Trinajstić information content (AvgIpc) is 2.17. The lowest BCUT2D eigenvalue weighted by Crippen LogP contribution is -2.33. The molecule has 0 aliphatic heterocycles. The summed E-state index contributed by atoms with van der Waals surface area (Å²) in [6.45, 7) is 2.20. The van der Waals surface area contributed by atoms with Crippen molar-refractivity contribution in [1.82, 2.24) is 5.32 Å². The van der Waals surface area contributed by atoms with E-state index in [-0.39, 0.29) is 11.0 Å². The van der Waals surface area contributed by atoms with Crippen molar-refractivity contribution in [3.8, 4) is 0 Å². The molecule has 6 heteroatoms. The Morgan fingerprint density at radius 3 is 2.67 bits per heavy atom. The van der Waals surface area contributed by atoms with Crippen LogP contribution in [0.25, 0.3) is 0 Å². The second kappa shape index (κ2) is 4.90. The Hall–Kier alpha value is -1.40. The van der Waals surface area contributed by atoms with Crippen molar-refractivity contribution in [2.75, 3.05) is 6.54 Å². The molecular formula is C9H11BFNO3. The zero-order valence-corrected chi connectivity index (χ0v) is 8.20. The van der Waals surface area contributed by atoms with E-state index >= 15 is 0 Å². The Balaban J connectivity index is 2.96. The lowest BCUT2D eigenvalue weighted by Gasteiger charge is -2.05. The first kappa shape index (κ1) is 11.7. The summed E-state index contributed by atoms with van der Waals surface area (Å²) in [6.07, 6.45) is 0. The minimum atomic E-state index is -1.87. The number of carbonyl (C=O) groups excluding carboxylic acids is 1. The molecule has 4 nitrogen and oxygen atoms in total. The molecule has 0 radical (unpaired) electrons. The van der Waals surface area contributed by atoms with Crippen molar-refractivity contribution in [1.29, 1.82) is 0 Å². The Labute approximate surface area is 86.9 Å². The van der Waals surface area contributed by atoms with Gasteiger partial charge in [-0.15, -0.1) is 0 Å². The van der Waals surface area contributed by atoms with Gasteiger partial charge in [-0.05, 0) is 19.1 Å². The van der Waals surface area contributed by atoms with Crippen LogP contribution in [0.2, 0.25) is 0 Å². The Morgan fingerprint density at radius 1 is 1.53 bits per heavy atom. The van der Waals surface area contributed by atoms with Crippen molar-refractivity contribution < 1.29 is 19.2 Å². The van der Waals surface area contributed by atoms with Gasteiger partial charge in [0, 0.05) is 17.6 Å². The molecular weight excluding hydrogens is 200 g/mol. The van der Waals surface area contributed by atoms with Gasteiger partial charge in [-0.1, -0.05) is 6.07 Å². The van der Waals surface area contributed by atoms with E-state index in [1.165, 1.54) is 12.1 Å². The SMILES string of the molecule is CCNC(=O)c1ccc(B(O)O)c(F)c1. The van der Waals surface area contributed by atoms with Gasteiger partial charge in [-0.2, -0.15) is 0 Å². The third-order valence-corrected chi connectivity index (χ3v) is 1.88. The molecule has 80 valence electrons. The van der Waals surface area contributed by atoms with Crippen LogP contribution < -0.4 is 10.8 Å². The molecule has 0 aliphatic rings. The molecule has 1 amide bonds. The molecule has 15 heavy (non-hydrogen) atoms. The molecule has 3 N–H and O–H groups in total. The van der Waals surface area contributed by atoms with Crippen LogP contribution in [0.15, 0.2) is 18.2 Å². The lowest BCUT2D eigenvalue weighted by molar-refractivity contribution is 0.0955. The second-order valence-corrected chi connectivity index (χ2v) is 2.97. The zero-order chi connectivity index (χ0) is 11.4. The Bertz CT molecular complexity index is 370. The molecule has 0 aromatic heterocycles. The highest BCUT2D eigenvalue weighted by Crippen LogP contribution is 2.02. The number of halogens is 1. The molecule has 0 saturated carbocycles. The number of carbonyl (C=O) groups is 1. The van der Waals surface area contributed by atoms with Crippen molar-refractivity contribution >= 4 is 18.5 Å². The number of rotatable bonds is 3. The van der Waals surface area contributed by atoms with E-state index in [1.807, 2.05) is 0 Å². The quantitative estimate of drug-likeness (QED) is 0.576. The Kier molecular flexibility index (Phi) is 3.82. The van der Waals surface area contributed by atoms with Crippen LogP contribution in [0.1, 0.15) is 17.3 Å². The summed E-state index contributed by atoms with van der Waals surface area (Å²) in [5.74, 6) is -1.20. The number of nitrogens with one attached hydrogen (secondary N) is 1. The number of hydrogen-bond acceptors (Lipinski definition) is 3. The number of hydrogen-bond donors (Lipinski definition) is 3. The summed E-state index contributed by atoms with van der Waals surface area (Å²) in [6, 6.07) is 3.48. The molecule has 0 spiro atoms. The molecule has 1 aromatic rings. The predicted octanol–water partition coefficient (Wildman–Crippen LogP) is -0.745. The molecule has 0 heterocycles. The summed E-state index contributed by atoms with van der Waals surface area (Å²) in [4.78, 5) is 11.3. The van der Waals surface area contributed by atoms with Crippen LogP contribution in [-0.4, -0.2) is 29.6 Å². The van der Waals surface area contributed by atoms with Crippen LogP contribution in [-0.2, 0) is 0 Å². The van der Waals surface area contributed by atoms with Crippen LogP contribution in [0.4, 0.5) is 4.39 Å². The van der Waals surface area contributed by atoms with E-state index in [2.05, 4.69) is 5.32 Å². The van der Waals surface area contributed by atoms with Crippen LogP contribution in [0.5, 0.6) is 0 Å². The van der Waals surface area contributed by atoms with Crippen LogP contribution in [0, 0.1) is 5.82 Å². The van der Waals surface area contributed by atoms with E-state index in [0.717, 1.165) is 6.07 Å². The minimum Gasteiger partial charge on any atom is -0.423 e. The van der Waals surface area contributed by atoms with Gasteiger partial charge >= 0.3 is 7.12 Å². The van der Waals surface area contributed by atoms with E-state index in [1.54, 1.807) is 6.92 Å². The van der Waals surface area contributed by atoms with E-state index in [9.17, 15) is 9.18 Å². The highest BCUT2D eigenvalue weighted by atomic mass is 19.1. The van der Waals surface area contributed by atoms with Crippen molar-refractivity contribution in [3.63, 3.8) is 0 Å². The topological polar surface area (TPSA) is 69.6 Å². The molecule has 1 rings (SSSR count). The summed E-state index contributed by atoms with van der Waals surface area (Å²) in [5, 5.41) is 20.0. The fourth-order valence-corrected chi connectivity index (χ4v) is 1.14. The lowest BCUT2D eigenvalue weighted by atomic mass is 9.79. The molecule has 0 bridgehead atoms. The van der Waals surface area contributed by atoms with Crippen molar-refractivity contribution in [3.05, 3.63) is 29.6 Å². The van der Waals surface area contributed by atoms with Gasteiger partial charge in [-0.25, -0.2) is 4.39 Å². The smallest absolute Gasteiger partial charge is 0.423 e. The van der Waals surface area contributed by atoms with Crippen LogP contribution >= 0.6 is 0 Å². The molecule has 0 fully saturated rings. The fourth-order valence-electron chi connectivity index (χ4n) is 1.14. The van der Waals surface area contributed by atoms with Crippen molar-refractivity contribution in [2.24, 2.45) is 0 Å². The molecule has 0 saturated heterocycles. The number of amides is 1. The maximum atomic E-state index is 13.2. The summed E-state index contributed by atoms with van der Waals surface area (Å²) in [7, 11) is -1.87. The largest absolute Gasteiger partial charge is 0.491 e. The maximum Gasteiger partial charge on any atom is 0.491 e. The first-order valence-corrected chi connectivity index (χ1v) is 4.50. The predicted molar refractivity (Wildman–Crippen MR) is 54.2 cm³/mol. The monoisotopic (exact) mass is 211 g/mol. The van der Waals surface area contributed by atoms with Gasteiger partial charge in [0.25, 0.3) is 5.91 Å². The molecule has 0 aliphatic carbocycles. The van der Waals surface area contributed by atoms with E-state index in [0.29, 0.717) is 6.54 Å². The molecule has 0 unspecified atom stereocenters. The van der Waals surface area contributed by atoms with Gasteiger partial charge in [0.2, 0.25) is 0 Å². The fraction of sp³-hybridized carbons (Fsp3) is 0.222. The summed E-state index contributed by atoms with van der Waals surface area (Å²) < 4.78 is 13.2. The highest BCUT2D eigenvalue weighted by Gasteiger charge is 2.17. The van der Waals surface area contributed by atoms with Crippen LogP contribution in [0.3, 0.4) is 0 Å². The third kappa shape index (κ3) is 2.77. The van der Waals surface area contributed by atoms with Gasteiger partial charge in [0.05, 0.1) is 0 Å². The van der Waals surface area contributed by atoms with Gasteiger partial charge < -0.3 is 15.4 Å². The standard InChI is InChI=1S/C9H11BFNO3/c1-2-12-9(13)6-3-4-7(10(14)15)8(11)5-6/h3-5,14-15H,2H2,1H3,(H,12,13). The molecule has 0 atom stereocenters. The maximum absolute atomic E-state index is 13.2. The second-order valence-electron chi connectivity index (χ2n) is 2.97. The first-order chi connectivity index (χ1) is 7.06. The minimum absolute atomic E-state index is 0.152. The van der Waals surface area contributed by atoms with Gasteiger partial charge in [-0.3, -0.25) is 4.79 Å². The van der Waals surface area contributed by atoms with Crippen molar-refractivity contribution in [2.45, 2.75) is 6.92 Å².